The third kappa shape index (κ3) is 15.0. The van der Waals surface area contributed by atoms with Crippen LogP contribution in [-0.4, -0.2) is 36.9 Å². The van der Waals surface area contributed by atoms with E-state index in [0.29, 0.717) is 19.6 Å². The maximum absolute atomic E-state index is 11.4. The lowest BCUT2D eigenvalue weighted by Gasteiger charge is -2.05. The quantitative estimate of drug-likeness (QED) is 0.392. The minimum absolute atomic E-state index is 0.172. The van der Waals surface area contributed by atoms with Crippen LogP contribution >= 0.6 is 0 Å². The number of ether oxygens (including phenoxy) is 2. The van der Waals surface area contributed by atoms with Crippen LogP contribution in [0.3, 0.4) is 0 Å². The summed E-state index contributed by atoms with van der Waals surface area (Å²) < 4.78 is 10.3. The van der Waals surface area contributed by atoms with Crippen LogP contribution in [0.2, 0.25) is 0 Å². The molecule has 0 rings (SSSR count). The Morgan fingerprint density at radius 3 is 2.15 bits per heavy atom. The average Bonchev–Trinajstić information content (AvgIpc) is 2.41. The average molecular weight is 288 g/mol. The molecule has 0 aliphatic carbocycles. The first kappa shape index (κ1) is 18.9. The maximum atomic E-state index is 11.4. The summed E-state index contributed by atoms with van der Waals surface area (Å²) in [6.45, 7) is 3.64. The highest BCUT2D eigenvalue weighted by atomic mass is 16.6. The molecule has 1 N–H and O–H groups in total. The van der Waals surface area contributed by atoms with Gasteiger partial charge in [0, 0.05) is 19.4 Å². The van der Waals surface area contributed by atoms with Crippen molar-refractivity contribution in [1.82, 2.24) is 0 Å². The number of aliphatic carboxylic acids is 1. The largest absolute Gasteiger partial charge is 0.481 e. The molecular formula is C15H28O5. The molecular weight excluding hydrogens is 260 g/mol. The Kier molecular flexibility index (Phi) is 13.5. The van der Waals surface area contributed by atoms with Gasteiger partial charge in [-0.05, 0) is 19.3 Å². The molecule has 0 unspecified atom stereocenters. The maximum Gasteiger partial charge on any atom is 0.305 e. The van der Waals surface area contributed by atoms with Crippen molar-refractivity contribution in [2.24, 2.45) is 0 Å². The number of carbonyl (C=O) groups excluding carboxylic acids is 1. The molecule has 0 fully saturated rings. The number of carboxylic acids is 1. The molecule has 0 saturated heterocycles. The summed E-state index contributed by atoms with van der Waals surface area (Å²) in [6, 6.07) is 0. The molecule has 0 aromatic heterocycles. The Hall–Kier alpha value is -1.10. The molecule has 0 saturated carbocycles. The molecule has 0 atom stereocenters. The normalized spacial score (nSPS) is 10.4. The first-order valence-corrected chi connectivity index (χ1v) is 7.62. The monoisotopic (exact) mass is 288 g/mol. The molecule has 0 radical (unpaired) electrons. The van der Waals surface area contributed by atoms with Crippen molar-refractivity contribution in [2.45, 2.75) is 64.7 Å². The summed E-state index contributed by atoms with van der Waals surface area (Å²) >= 11 is 0. The Morgan fingerprint density at radius 2 is 1.50 bits per heavy atom. The summed E-state index contributed by atoms with van der Waals surface area (Å²) in [4.78, 5) is 21.6. The van der Waals surface area contributed by atoms with Crippen molar-refractivity contribution in [1.29, 1.82) is 0 Å². The van der Waals surface area contributed by atoms with E-state index in [-0.39, 0.29) is 12.4 Å². The number of rotatable bonds is 14. The summed E-state index contributed by atoms with van der Waals surface area (Å²) in [5, 5.41) is 8.47. The summed E-state index contributed by atoms with van der Waals surface area (Å²) in [7, 11) is 0. The number of carbonyl (C=O) groups is 2. The molecule has 20 heavy (non-hydrogen) atoms. The molecule has 0 aliphatic heterocycles. The zero-order chi connectivity index (χ0) is 15.1. The zero-order valence-corrected chi connectivity index (χ0v) is 12.6. The fourth-order valence-electron chi connectivity index (χ4n) is 1.71. The van der Waals surface area contributed by atoms with Gasteiger partial charge in [0.2, 0.25) is 0 Å². The van der Waals surface area contributed by atoms with Crippen LogP contribution in [0.25, 0.3) is 0 Å². The van der Waals surface area contributed by atoms with Gasteiger partial charge in [-0.1, -0.05) is 32.6 Å². The smallest absolute Gasteiger partial charge is 0.305 e. The lowest BCUT2D eigenvalue weighted by Crippen LogP contribution is -2.10. The Morgan fingerprint density at radius 1 is 0.850 bits per heavy atom. The fraction of sp³-hybridized carbons (Fsp3) is 0.867. The van der Waals surface area contributed by atoms with E-state index >= 15 is 0 Å². The van der Waals surface area contributed by atoms with Crippen molar-refractivity contribution in [3.05, 3.63) is 0 Å². The molecule has 0 aromatic carbocycles. The van der Waals surface area contributed by atoms with E-state index in [1.54, 1.807) is 0 Å². The standard InChI is InChI=1S/C15H28O5/c1-2-3-11-19-12-13-20-15(18)10-8-6-4-5-7-9-14(16)17/h2-13H2,1H3,(H,16,17). The van der Waals surface area contributed by atoms with E-state index in [1.807, 2.05) is 0 Å². The highest BCUT2D eigenvalue weighted by Crippen LogP contribution is 2.07. The van der Waals surface area contributed by atoms with Crippen molar-refractivity contribution < 1.29 is 24.2 Å². The number of hydrogen-bond donors (Lipinski definition) is 1. The summed E-state index contributed by atoms with van der Waals surface area (Å²) in [5.74, 6) is -0.913. The van der Waals surface area contributed by atoms with Crippen LogP contribution < -0.4 is 0 Å². The topological polar surface area (TPSA) is 72.8 Å². The molecule has 5 heteroatoms. The number of esters is 1. The molecule has 0 heterocycles. The molecule has 118 valence electrons. The molecule has 0 aromatic rings. The van der Waals surface area contributed by atoms with Gasteiger partial charge in [-0.25, -0.2) is 0 Å². The number of unbranched alkanes of at least 4 members (excludes halogenated alkanes) is 5. The second-order valence-corrected chi connectivity index (χ2v) is 4.85. The van der Waals surface area contributed by atoms with Gasteiger partial charge in [-0.3, -0.25) is 9.59 Å². The first-order valence-electron chi connectivity index (χ1n) is 7.62. The lowest BCUT2D eigenvalue weighted by molar-refractivity contribution is -0.145. The second kappa shape index (κ2) is 14.3. The van der Waals surface area contributed by atoms with Gasteiger partial charge in [-0.2, -0.15) is 0 Å². The molecule has 5 nitrogen and oxygen atoms in total. The van der Waals surface area contributed by atoms with Gasteiger partial charge in [0.25, 0.3) is 0 Å². The van der Waals surface area contributed by atoms with E-state index in [0.717, 1.165) is 51.6 Å². The van der Waals surface area contributed by atoms with Crippen molar-refractivity contribution in [2.75, 3.05) is 19.8 Å². The summed E-state index contributed by atoms with van der Waals surface area (Å²) in [5.41, 5.74) is 0. The first-order chi connectivity index (χ1) is 9.66. The molecule has 0 aliphatic rings. The third-order valence-electron chi connectivity index (χ3n) is 2.90. The highest BCUT2D eigenvalue weighted by Gasteiger charge is 2.02. The van der Waals surface area contributed by atoms with Crippen LogP contribution in [-0.2, 0) is 19.1 Å². The van der Waals surface area contributed by atoms with Crippen LogP contribution in [0.1, 0.15) is 64.7 Å². The van der Waals surface area contributed by atoms with Gasteiger partial charge in [0.05, 0.1) is 6.61 Å². The van der Waals surface area contributed by atoms with Gasteiger partial charge < -0.3 is 14.6 Å². The van der Waals surface area contributed by atoms with Gasteiger partial charge >= 0.3 is 11.9 Å². The minimum Gasteiger partial charge on any atom is -0.481 e. The van der Waals surface area contributed by atoms with Crippen molar-refractivity contribution >= 4 is 11.9 Å². The van der Waals surface area contributed by atoms with Crippen LogP contribution in [0.15, 0.2) is 0 Å². The van der Waals surface area contributed by atoms with Gasteiger partial charge in [0.15, 0.2) is 0 Å². The van der Waals surface area contributed by atoms with Crippen molar-refractivity contribution in [3.8, 4) is 0 Å². The molecule has 0 bridgehead atoms. The van der Waals surface area contributed by atoms with Crippen LogP contribution in [0.5, 0.6) is 0 Å². The SMILES string of the molecule is CCCCOCCOC(=O)CCCCCCCC(=O)O. The zero-order valence-electron chi connectivity index (χ0n) is 12.6. The lowest BCUT2D eigenvalue weighted by atomic mass is 10.1. The predicted molar refractivity (Wildman–Crippen MR) is 76.6 cm³/mol. The van der Waals surface area contributed by atoms with E-state index in [4.69, 9.17) is 14.6 Å². The number of carboxylic acid groups (broad SMARTS) is 1. The fourth-order valence-corrected chi connectivity index (χ4v) is 1.71. The van der Waals surface area contributed by atoms with E-state index in [1.165, 1.54) is 0 Å². The van der Waals surface area contributed by atoms with Gasteiger partial charge in [0.1, 0.15) is 6.61 Å². The Labute approximate surface area is 121 Å². The molecule has 0 spiro atoms. The Bertz CT molecular complexity index is 253. The summed E-state index contributed by atoms with van der Waals surface area (Å²) in [6.07, 6.45) is 7.17. The minimum atomic E-state index is -0.741. The number of hydrogen-bond acceptors (Lipinski definition) is 4. The predicted octanol–water partition coefficient (Wildman–Crippen LogP) is 3.16. The van der Waals surface area contributed by atoms with E-state index in [2.05, 4.69) is 6.92 Å². The van der Waals surface area contributed by atoms with Crippen LogP contribution in [0.4, 0.5) is 0 Å². The van der Waals surface area contributed by atoms with E-state index < -0.39 is 5.97 Å². The van der Waals surface area contributed by atoms with Crippen molar-refractivity contribution in [3.63, 3.8) is 0 Å². The second-order valence-electron chi connectivity index (χ2n) is 4.85. The molecule has 0 amide bonds. The van der Waals surface area contributed by atoms with Gasteiger partial charge in [-0.15, -0.1) is 0 Å². The van der Waals surface area contributed by atoms with Crippen LogP contribution in [0, 0.1) is 0 Å². The van der Waals surface area contributed by atoms with E-state index in [9.17, 15) is 9.59 Å². The third-order valence-corrected chi connectivity index (χ3v) is 2.90. The Balaban J connectivity index is 3.18. The highest BCUT2D eigenvalue weighted by molar-refractivity contribution is 5.69.